The molecule has 2 rings (SSSR count). The molecule has 22 heavy (non-hydrogen) atoms. The van der Waals surface area contributed by atoms with Crippen molar-refractivity contribution in [2.75, 3.05) is 18.4 Å². The Labute approximate surface area is 128 Å². The summed E-state index contributed by atoms with van der Waals surface area (Å²) < 4.78 is 0. The summed E-state index contributed by atoms with van der Waals surface area (Å²) in [4.78, 5) is 36.7. The van der Waals surface area contributed by atoms with Gasteiger partial charge in [-0.15, -0.1) is 0 Å². The van der Waals surface area contributed by atoms with Gasteiger partial charge >= 0.3 is 12.0 Å². The molecule has 0 unspecified atom stereocenters. The number of carbonyl (C=O) groups excluding carboxylic acids is 2. The van der Waals surface area contributed by atoms with E-state index in [9.17, 15) is 14.4 Å². The Kier molecular flexibility index (Phi) is 5.35. The Morgan fingerprint density at radius 2 is 1.77 bits per heavy atom. The van der Waals surface area contributed by atoms with Gasteiger partial charge in [-0.3, -0.25) is 9.59 Å². The molecule has 1 aromatic rings. The Bertz CT molecular complexity index is 541. The minimum Gasteiger partial charge on any atom is -0.481 e. The Morgan fingerprint density at radius 3 is 2.36 bits per heavy atom. The monoisotopic (exact) mass is 305 g/mol. The standard InChI is InChI=1S/C15H19N3O4/c19-13(20)10-12(14(21)18-8-4-5-9-18)17-15(22)16-11-6-2-1-3-7-11/h1-3,6-7,12H,4-5,8-10H2,(H,19,20)(H2,16,17,22)/t12-/m1/s1. The van der Waals surface area contributed by atoms with Crippen molar-refractivity contribution in [2.24, 2.45) is 0 Å². The first kappa shape index (κ1) is 15.8. The first-order valence-corrected chi connectivity index (χ1v) is 7.19. The average molecular weight is 305 g/mol. The molecule has 1 heterocycles. The molecular formula is C15H19N3O4. The third-order valence-corrected chi connectivity index (χ3v) is 3.43. The van der Waals surface area contributed by atoms with Gasteiger partial charge in [0, 0.05) is 18.8 Å². The predicted octanol–water partition coefficient (Wildman–Crippen LogP) is 1.27. The molecule has 1 atom stereocenters. The van der Waals surface area contributed by atoms with E-state index >= 15 is 0 Å². The number of benzene rings is 1. The first-order valence-electron chi connectivity index (χ1n) is 7.19. The lowest BCUT2D eigenvalue weighted by Gasteiger charge is -2.23. The molecule has 118 valence electrons. The number of aliphatic carboxylic acids is 1. The number of nitrogens with one attached hydrogen (secondary N) is 2. The highest BCUT2D eigenvalue weighted by Gasteiger charge is 2.29. The van der Waals surface area contributed by atoms with Crippen molar-refractivity contribution in [3.63, 3.8) is 0 Å². The molecule has 0 aliphatic carbocycles. The second-order valence-corrected chi connectivity index (χ2v) is 5.15. The maximum atomic E-state index is 12.3. The van der Waals surface area contributed by atoms with Crippen LogP contribution in [-0.4, -0.2) is 47.0 Å². The molecule has 0 radical (unpaired) electrons. The third-order valence-electron chi connectivity index (χ3n) is 3.43. The minimum absolute atomic E-state index is 0.344. The molecule has 3 N–H and O–H groups in total. The highest BCUT2D eigenvalue weighted by atomic mass is 16.4. The number of hydrogen-bond acceptors (Lipinski definition) is 3. The van der Waals surface area contributed by atoms with E-state index in [1.165, 1.54) is 0 Å². The van der Waals surface area contributed by atoms with Gasteiger partial charge in [0.05, 0.1) is 6.42 Å². The highest BCUT2D eigenvalue weighted by Crippen LogP contribution is 2.11. The maximum absolute atomic E-state index is 12.3. The van der Waals surface area contributed by atoms with E-state index in [0.717, 1.165) is 12.8 Å². The number of carboxylic acids is 1. The van der Waals surface area contributed by atoms with E-state index < -0.39 is 24.5 Å². The second kappa shape index (κ2) is 7.44. The lowest BCUT2D eigenvalue weighted by Crippen LogP contribution is -2.49. The summed E-state index contributed by atoms with van der Waals surface area (Å²) in [7, 11) is 0. The SMILES string of the molecule is O=C(O)C[C@@H](NC(=O)Nc1ccccc1)C(=O)N1CCCC1. The highest BCUT2D eigenvalue weighted by molar-refractivity contribution is 5.95. The average Bonchev–Trinajstić information content (AvgIpc) is 3.00. The van der Waals surface area contributed by atoms with Crippen LogP contribution in [0.3, 0.4) is 0 Å². The molecule has 1 aliphatic rings. The summed E-state index contributed by atoms with van der Waals surface area (Å²) in [6.07, 6.45) is 1.38. The Hall–Kier alpha value is -2.57. The molecule has 0 spiro atoms. The van der Waals surface area contributed by atoms with Gasteiger partial charge in [-0.05, 0) is 25.0 Å². The molecule has 1 saturated heterocycles. The van der Waals surface area contributed by atoms with E-state index in [0.29, 0.717) is 18.8 Å². The quantitative estimate of drug-likeness (QED) is 0.763. The fourth-order valence-electron chi connectivity index (χ4n) is 2.38. The van der Waals surface area contributed by atoms with Gasteiger partial charge < -0.3 is 20.6 Å². The number of amides is 3. The van der Waals surface area contributed by atoms with Crippen LogP contribution >= 0.6 is 0 Å². The topological polar surface area (TPSA) is 98.7 Å². The van der Waals surface area contributed by atoms with Crippen molar-refractivity contribution in [3.05, 3.63) is 30.3 Å². The van der Waals surface area contributed by atoms with E-state index in [1.54, 1.807) is 29.2 Å². The molecule has 0 bridgehead atoms. The number of urea groups is 1. The lowest BCUT2D eigenvalue weighted by atomic mass is 10.2. The molecule has 1 aliphatic heterocycles. The van der Waals surface area contributed by atoms with E-state index in [1.807, 2.05) is 6.07 Å². The van der Waals surface area contributed by atoms with Crippen molar-refractivity contribution in [2.45, 2.75) is 25.3 Å². The van der Waals surface area contributed by atoms with Crippen LogP contribution < -0.4 is 10.6 Å². The van der Waals surface area contributed by atoms with Gasteiger partial charge in [0.2, 0.25) is 5.91 Å². The molecular weight excluding hydrogens is 286 g/mol. The van der Waals surface area contributed by atoms with Crippen LogP contribution in [0.15, 0.2) is 30.3 Å². The smallest absolute Gasteiger partial charge is 0.319 e. The van der Waals surface area contributed by atoms with Gasteiger partial charge in [0.15, 0.2) is 0 Å². The number of likely N-dealkylation sites (tertiary alicyclic amines) is 1. The van der Waals surface area contributed by atoms with E-state index in [4.69, 9.17) is 5.11 Å². The van der Waals surface area contributed by atoms with Crippen molar-refractivity contribution in [1.29, 1.82) is 0 Å². The molecule has 1 aromatic carbocycles. The van der Waals surface area contributed by atoms with Gasteiger partial charge in [0.25, 0.3) is 0 Å². The third kappa shape index (κ3) is 4.47. The van der Waals surface area contributed by atoms with Crippen LogP contribution in [0.25, 0.3) is 0 Å². The van der Waals surface area contributed by atoms with Crippen LogP contribution in [0, 0.1) is 0 Å². The summed E-state index contributed by atoms with van der Waals surface area (Å²) in [6, 6.07) is 7.10. The van der Waals surface area contributed by atoms with Crippen LogP contribution in [0.1, 0.15) is 19.3 Å². The zero-order chi connectivity index (χ0) is 15.9. The fraction of sp³-hybridized carbons (Fsp3) is 0.400. The van der Waals surface area contributed by atoms with Crippen LogP contribution in [0.5, 0.6) is 0 Å². The summed E-state index contributed by atoms with van der Waals surface area (Å²) in [5.74, 6) is -1.47. The normalized spacial score (nSPS) is 15.2. The molecule has 0 saturated carbocycles. The Morgan fingerprint density at radius 1 is 1.14 bits per heavy atom. The zero-order valence-corrected chi connectivity index (χ0v) is 12.1. The molecule has 1 fully saturated rings. The number of hydrogen-bond donors (Lipinski definition) is 3. The van der Waals surface area contributed by atoms with Crippen molar-refractivity contribution < 1.29 is 19.5 Å². The zero-order valence-electron chi connectivity index (χ0n) is 12.1. The Balaban J connectivity index is 1.97. The predicted molar refractivity (Wildman–Crippen MR) is 80.5 cm³/mol. The van der Waals surface area contributed by atoms with Crippen LogP contribution in [0.2, 0.25) is 0 Å². The van der Waals surface area contributed by atoms with E-state index in [-0.39, 0.29) is 5.91 Å². The van der Waals surface area contributed by atoms with Crippen molar-refractivity contribution >= 4 is 23.6 Å². The van der Waals surface area contributed by atoms with Gasteiger partial charge in [-0.25, -0.2) is 4.79 Å². The van der Waals surface area contributed by atoms with E-state index in [2.05, 4.69) is 10.6 Å². The number of carbonyl (C=O) groups is 3. The number of rotatable bonds is 5. The second-order valence-electron chi connectivity index (χ2n) is 5.15. The van der Waals surface area contributed by atoms with Gasteiger partial charge in [0.1, 0.15) is 6.04 Å². The summed E-state index contributed by atoms with van der Waals surface area (Å²) >= 11 is 0. The van der Waals surface area contributed by atoms with Gasteiger partial charge in [-0.2, -0.15) is 0 Å². The molecule has 7 nitrogen and oxygen atoms in total. The minimum atomic E-state index is -1.13. The lowest BCUT2D eigenvalue weighted by molar-refractivity contribution is -0.142. The van der Waals surface area contributed by atoms with Crippen LogP contribution in [-0.2, 0) is 9.59 Å². The van der Waals surface area contributed by atoms with Crippen LogP contribution in [0.4, 0.5) is 10.5 Å². The maximum Gasteiger partial charge on any atom is 0.319 e. The summed E-state index contributed by atoms with van der Waals surface area (Å²) in [5, 5.41) is 14.0. The number of anilines is 1. The van der Waals surface area contributed by atoms with Crippen molar-refractivity contribution in [1.82, 2.24) is 10.2 Å². The molecule has 7 heteroatoms. The number of para-hydroxylation sites is 1. The number of nitrogens with zero attached hydrogens (tertiary/aromatic N) is 1. The van der Waals surface area contributed by atoms with Crippen molar-refractivity contribution in [3.8, 4) is 0 Å². The largest absolute Gasteiger partial charge is 0.481 e. The van der Waals surface area contributed by atoms with Gasteiger partial charge in [-0.1, -0.05) is 18.2 Å². The summed E-state index contributed by atoms with van der Waals surface area (Å²) in [5.41, 5.74) is 0.572. The molecule has 0 aromatic heterocycles. The molecule has 3 amide bonds. The fourth-order valence-corrected chi connectivity index (χ4v) is 2.38. The summed E-state index contributed by atoms with van der Waals surface area (Å²) in [6.45, 7) is 1.22. The first-order chi connectivity index (χ1) is 10.6. The number of carboxylic acid groups (broad SMARTS) is 1.